The minimum Gasteiger partial charge on any atom is -0.392 e. The Labute approximate surface area is 89.6 Å². The number of thioether (sulfide) groups is 1. The third kappa shape index (κ3) is 1.43. The Morgan fingerprint density at radius 1 is 1.57 bits per heavy atom. The monoisotopic (exact) mass is 228 g/mol. The highest BCUT2D eigenvalue weighted by Gasteiger charge is 2.12. The van der Waals surface area contributed by atoms with E-state index in [1.807, 2.05) is 23.8 Å². The van der Waals surface area contributed by atoms with E-state index in [0.717, 1.165) is 10.1 Å². The van der Waals surface area contributed by atoms with Gasteiger partial charge in [-0.3, -0.25) is 0 Å². The van der Waals surface area contributed by atoms with Crippen LogP contribution >= 0.6 is 23.1 Å². The molecule has 0 amide bonds. The van der Waals surface area contributed by atoms with E-state index >= 15 is 0 Å². The van der Waals surface area contributed by atoms with Crippen molar-refractivity contribution in [3.8, 4) is 0 Å². The molecule has 0 atom stereocenters. The summed E-state index contributed by atoms with van der Waals surface area (Å²) in [4.78, 5) is 0.601. The molecule has 0 fully saturated rings. The molecule has 2 aromatic rings. The average Bonchev–Trinajstić information content (AvgIpc) is 2.64. The van der Waals surface area contributed by atoms with E-state index < -0.39 is 0 Å². The number of hydrogen-bond donors (Lipinski definition) is 1. The second kappa shape index (κ2) is 3.88. The lowest BCUT2D eigenvalue weighted by Gasteiger charge is -2.05. The molecule has 0 aliphatic carbocycles. The van der Waals surface area contributed by atoms with Crippen molar-refractivity contribution in [2.45, 2.75) is 11.5 Å². The number of aliphatic hydroxyl groups is 1. The van der Waals surface area contributed by atoms with Crippen molar-refractivity contribution < 1.29 is 9.50 Å². The molecule has 0 aliphatic rings. The minimum absolute atomic E-state index is 0.243. The Morgan fingerprint density at radius 2 is 2.36 bits per heavy atom. The van der Waals surface area contributed by atoms with Gasteiger partial charge in [0.2, 0.25) is 0 Å². The zero-order chi connectivity index (χ0) is 10.1. The van der Waals surface area contributed by atoms with Crippen molar-refractivity contribution in [2.75, 3.05) is 6.26 Å². The summed E-state index contributed by atoms with van der Waals surface area (Å²) in [6, 6.07) is 3.68. The van der Waals surface area contributed by atoms with Gasteiger partial charge in [-0.25, -0.2) is 4.39 Å². The highest BCUT2D eigenvalue weighted by Crippen LogP contribution is 2.32. The molecule has 0 saturated heterocycles. The van der Waals surface area contributed by atoms with E-state index in [0.29, 0.717) is 10.5 Å². The summed E-state index contributed by atoms with van der Waals surface area (Å²) in [6.45, 7) is -0.243. The maximum Gasteiger partial charge on any atom is 0.142 e. The van der Waals surface area contributed by atoms with Crippen LogP contribution in [0.2, 0.25) is 0 Å². The zero-order valence-electron chi connectivity index (χ0n) is 7.58. The molecular weight excluding hydrogens is 219 g/mol. The van der Waals surface area contributed by atoms with E-state index in [-0.39, 0.29) is 12.4 Å². The summed E-state index contributed by atoms with van der Waals surface area (Å²) in [6.07, 6.45) is 1.83. The predicted octanol–water partition coefficient (Wildman–Crippen LogP) is 3.25. The third-order valence-electron chi connectivity index (χ3n) is 2.14. The first-order chi connectivity index (χ1) is 6.77. The Balaban J connectivity index is 2.80. The zero-order valence-corrected chi connectivity index (χ0v) is 9.21. The molecule has 0 aliphatic heterocycles. The largest absolute Gasteiger partial charge is 0.392 e. The van der Waals surface area contributed by atoms with E-state index in [4.69, 9.17) is 5.11 Å². The number of fused-ring (bicyclic) bond motifs is 1. The Bertz CT molecular complexity index is 464. The highest BCUT2D eigenvalue weighted by molar-refractivity contribution is 7.98. The summed E-state index contributed by atoms with van der Waals surface area (Å²) in [5, 5.41) is 11.8. The first kappa shape index (κ1) is 9.96. The van der Waals surface area contributed by atoms with Gasteiger partial charge in [-0.05, 0) is 23.8 Å². The van der Waals surface area contributed by atoms with Crippen molar-refractivity contribution in [1.29, 1.82) is 0 Å². The van der Waals surface area contributed by atoms with E-state index in [1.54, 1.807) is 11.3 Å². The van der Waals surface area contributed by atoms with Gasteiger partial charge in [-0.15, -0.1) is 23.1 Å². The maximum atomic E-state index is 13.7. The van der Waals surface area contributed by atoms with Crippen molar-refractivity contribution >= 4 is 33.2 Å². The fraction of sp³-hybridized carbons (Fsp3) is 0.200. The van der Waals surface area contributed by atoms with Crippen molar-refractivity contribution in [2.24, 2.45) is 0 Å². The summed E-state index contributed by atoms with van der Waals surface area (Å²) in [5.41, 5.74) is 0.410. The van der Waals surface area contributed by atoms with Crippen LogP contribution in [0.15, 0.2) is 22.4 Å². The first-order valence-electron chi connectivity index (χ1n) is 4.11. The van der Waals surface area contributed by atoms with Gasteiger partial charge in [0.25, 0.3) is 0 Å². The normalized spacial score (nSPS) is 11.1. The Hall–Kier alpha value is -0.580. The highest BCUT2D eigenvalue weighted by atomic mass is 32.2. The molecule has 0 unspecified atom stereocenters. The number of thiophene rings is 1. The van der Waals surface area contributed by atoms with Crippen LogP contribution in [0, 0.1) is 5.82 Å². The molecule has 14 heavy (non-hydrogen) atoms. The lowest BCUT2D eigenvalue weighted by atomic mass is 10.1. The van der Waals surface area contributed by atoms with Crippen LogP contribution in [0.1, 0.15) is 5.56 Å². The molecule has 74 valence electrons. The molecule has 0 spiro atoms. The summed E-state index contributed by atoms with van der Waals surface area (Å²) in [5.74, 6) is -0.286. The summed E-state index contributed by atoms with van der Waals surface area (Å²) in [7, 11) is 0. The number of rotatable bonds is 2. The number of hydrogen-bond acceptors (Lipinski definition) is 3. The fourth-order valence-electron chi connectivity index (χ4n) is 1.43. The molecular formula is C10H9FOS2. The minimum atomic E-state index is -0.286. The Kier molecular flexibility index (Phi) is 2.76. The molecule has 0 saturated carbocycles. The first-order valence-corrected chi connectivity index (χ1v) is 6.21. The second-order valence-electron chi connectivity index (χ2n) is 2.86. The molecule has 0 radical (unpaired) electrons. The number of benzene rings is 1. The van der Waals surface area contributed by atoms with Crippen LogP contribution in [0.5, 0.6) is 0 Å². The van der Waals surface area contributed by atoms with Gasteiger partial charge in [-0.1, -0.05) is 0 Å². The van der Waals surface area contributed by atoms with Gasteiger partial charge in [-0.2, -0.15) is 0 Å². The lowest BCUT2D eigenvalue weighted by molar-refractivity contribution is 0.276. The SMILES string of the molecule is CSc1cc2sccc2c(CO)c1F. The molecule has 0 bridgehead atoms. The average molecular weight is 228 g/mol. The van der Waals surface area contributed by atoms with Crippen LogP contribution in [-0.4, -0.2) is 11.4 Å². The van der Waals surface area contributed by atoms with Gasteiger partial charge in [0.05, 0.1) is 6.61 Å². The van der Waals surface area contributed by atoms with Crippen LogP contribution in [0.4, 0.5) is 4.39 Å². The van der Waals surface area contributed by atoms with Crippen LogP contribution in [0.3, 0.4) is 0 Å². The van der Waals surface area contributed by atoms with Gasteiger partial charge in [0, 0.05) is 20.5 Å². The number of halogens is 1. The van der Waals surface area contributed by atoms with Gasteiger partial charge in [0.15, 0.2) is 0 Å². The quantitative estimate of drug-likeness (QED) is 0.796. The topological polar surface area (TPSA) is 20.2 Å². The number of aliphatic hydroxyl groups excluding tert-OH is 1. The third-order valence-corrected chi connectivity index (χ3v) is 3.74. The van der Waals surface area contributed by atoms with Crippen LogP contribution in [0.25, 0.3) is 10.1 Å². The Morgan fingerprint density at radius 3 is 3.00 bits per heavy atom. The smallest absolute Gasteiger partial charge is 0.142 e. The maximum absolute atomic E-state index is 13.7. The molecule has 1 aromatic heterocycles. The van der Waals surface area contributed by atoms with Crippen LogP contribution < -0.4 is 0 Å². The standard InChI is InChI=1S/C10H9FOS2/c1-13-9-4-8-6(2-3-14-8)7(5-12)10(9)11/h2-4,12H,5H2,1H3. The van der Waals surface area contributed by atoms with E-state index in [2.05, 4.69) is 0 Å². The van der Waals surface area contributed by atoms with E-state index in [1.165, 1.54) is 11.8 Å². The molecule has 2 rings (SSSR count). The summed E-state index contributed by atoms with van der Waals surface area (Å²) >= 11 is 2.93. The summed E-state index contributed by atoms with van der Waals surface area (Å²) < 4.78 is 14.7. The van der Waals surface area contributed by atoms with Crippen LogP contribution in [-0.2, 0) is 6.61 Å². The van der Waals surface area contributed by atoms with Crippen molar-refractivity contribution in [3.63, 3.8) is 0 Å². The van der Waals surface area contributed by atoms with E-state index in [9.17, 15) is 4.39 Å². The second-order valence-corrected chi connectivity index (χ2v) is 4.66. The predicted molar refractivity (Wildman–Crippen MR) is 59.5 cm³/mol. The lowest BCUT2D eigenvalue weighted by Crippen LogP contribution is -1.92. The van der Waals surface area contributed by atoms with Gasteiger partial charge < -0.3 is 5.11 Å². The molecule has 4 heteroatoms. The van der Waals surface area contributed by atoms with Gasteiger partial charge in [0.1, 0.15) is 5.82 Å². The van der Waals surface area contributed by atoms with Crippen molar-refractivity contribution in [3.05, 3.63) is 28.9 Å². The fourth-order valence-corrected chi connectivity index (χ4v) is 2.90. The molecule has 1 heterocycles. The van der Waals surface area contributed by atoms with Gasteiger partial charge >= 0.3 is 0 Å². The molecule has 1 nitrogen and oxygen atoms in total. The molecule has 1 aromatic carbocycles. The molecule has 1 N–H and O–H groups in total. The van der Waals surface area contributed by atoms with Crippen molar-refractivity contribution in [1.82, 2.24) is 0 Å².